The Bertz CT molecular complexity index is 520. The number of nitrogens with zero attached hydrogens (tertiary/aromatic N) is 1. The van der Waals surface area contributed by atoms with Gasteiger partial charge in [0.05, 0.1) is 13.4 Å². The molecule has 2 rings (SSSR count). The van der Waals surface area contributed by atoms with Gasteiger partial charge in [-0.25, -0.2) is 9.78 Å². The van der Waals surface area contributed by atoms with Crippen LogP contribution >= 0.6 is 0 Å². The SMILES string of the molecule is COC(=O)[C@H](Cc1cnc[nH]1)NC(=O)C1C(C)(C)C1(C)C. The van der Waals surface area contributed by atoms with Crippen LogP contribution in [0.4, 0.5) is 0 Å². The van der Waals surface area contributed by atoms with E-state index < -0.39 is 12.0 Å². The molecule has 0 unspecified atom stereocenters. The number of carbonyl (C=O) groups excluding carboxylic acids is 2. The van der Waals surface area contributed by atoms with E-state index in [9.17, 15) is 9.59 Å². The lowest BCUT2D eigenvalue weighted by Crippen LogP contribution is -2.44. The smallest absolute Gasteiger partial charge is 0.328 e. The maximum Gasteiger partial charge on any atom is 0.328 e. The quantitative estimate of drug-likeness (QED) is 0.801. The molecule has 2 N–H and O–H groups in total. The van der Waals surface area contributed by atoms with Gasteiger partial charge in [-0.05, 0) is 10.8 Å². The highest BCUT2D eigenvalue weighted by Crippen LogP contribution is 2.68. The number of aromatic nitrogens is 2. The van der Waals surface area contributed by atoms with Gasteiger partial charge in [0.15, 0.2) is 0 Å². The van der Waals surface area contributed by atoms with E-state index in [4.69, 9.17) is 4.74 Å². The monoisotopic (exact) mass is 293 g/mol. The number of ether oxygens (including phenoxy) is 1. The lowest BCUT2D eigenvalue weighted by molar-refractivity contribution is -0.145. The van der Waals surface area contributed by atoms with E-state index >= 15 is 0 Å². The first-order valence-electron chi connectivity index (χ1n) is 7.07. The summed E-state index contributed by atoms with van der Waals surface area (Å²) in [6.45, 7) is 8.27. The summed E-state index contributed by atoms with van der Waals surface area (Å²) < 4.78 is 4.78. The van der Waals surface area contributed by atoms with Gasteiger partial charge in [-0.1, -0.05) is 27.7 Å². The summed E-state index contributed by atoms with van der Waals surface area (Å²) in [7, 11) is 1.32. The van der Waals surface area contributed by atoms with Crippen molar-refractivity contribution in [3.63, 3.8) is 0 Å². The Kier molecular flexibility index (Phi) is 3.82. The molecular formula is C15H23N3O3. The van der Waals surface area contributed by atoms with Crippen molar-refractivity contribution in [3.8, 4) is 0 Å². The number of imidazole rings is 1. The van der Waals surface area contributed by atoms with Crippen molar-refractivity contribution >= 4 is 11.9 Å². The first-order chi connectivity index (χ1) is 9.71. The van der Waals surface area contributed by atoms with Gasteiger partial charge >= 0.3 is 5.97 Å². The molecule has 0 radical (unpaired) electrons. The zero-order valence-electron chi connectivity index (χ0n) is 13.2. The average molecular weight is 293 g/mol. The standard InChI is InChI=1S/C15H23N3O3/c1-14(2)11(15(14,3)4)12(19)18-10(13(20)21-5)6-9-7-16-8-17-9/h7-8,10-11H,6H2,1-5H3,(H,16,17)(H,18,19)/t10-/m0/s1. The molecule has 0 aromatic carbocycles. The second kappa shape index (κ2) is 5.16. The fraction of sp³-hybridized carbons (Fsp3) is 0.667. The summed E-state index contributed by atoms with van der Waals surface area (Å²) in [6.07, 6.45) is 3.51. The second-order valence-electron chi connectivity index (χ2n) is 6.74. The van der Waals surface area contributed by atoms with Crippen molar-refractivity contribution in [1.82, 2.24) is 15.3 Å². The fourth-order valence-corrected chi connectivity index (χ4v) is 3.06. The molecule has 6 heteroatoms. The predicted octanol–water partition coefficient (Wildman–Crippen LogP) is 1.29. The Hall–Kier alpha value is -1.85. The summed E-state index contributed by atoms with van der Waals surface area (Å²) >= 11 is 0. The van der Waals surface area contributed by atoms with Crippen LogP contribution in [-0.2, 0) is 20.7 Å². The number of hydrogen-bond acceptors (Lipinski definition) is 4. The number of aromatic amines is 1. The minimum absolute atomic E-state index is 0.0637. The summed E-state index contributed by atoms with van der Waals surface area (Å²) in [4.78, 5) is 31.2. The largest absolute Gasteiger partial charge is 0.467 e. The Balaban J connectivity index is 2.06. The molecule has 116 valence electrons. The van der Waals surface area contributed by atoms with E-state index in [-0.39, 0.29) is 22.7 Å². The number of amides is 1. The van der Waals surface area contributed by atoms with E-state index in [1.165, 1.54) is 7.11 Å². The first kappa shape index (κ1) is 15.5. The van der Waals surface area contributed by atoms with Crippen LogP contribution in [0.5, 0.6) is 0 Å². The van der Waals surface area contributed by atoms with Gasteiger partial charge < -0.3 is 15.0 Å². The third kappa shape index (κ3) is 2.66. The van der Waals surface area contributed by atoms with E-state index in [0.29, 0.717) is 6.42 Å². The lowest BCUT2D eigenvalue weighted by atomic mass is 10.0. The molecule has 1 amide bonds. The highest BCUT2D eigenvalue weighted by Gasteiger charge is 2.68. The van der Waals surface area contributed by atoms with Gasteiger partial charge in [-0.2, -0.15) is 0 Å². The molecule has 1 aliphatic carbocycles. The van der Waals surface area contributed by atoms with E-state index in [1.807, 2.05) is 0 Å². The highest BCUT2D eigenvalue weighted by atomic mass is 16.5. The summed E-state index contributed by atoms with van der Waals surface area (Å²) in [6, 6.07) is -0.699. The van der Waals surface area contributed by atoms with Crippen molar-refractivity contribution in [2.75, 3.05) is 7.11 Å². The molecule has 0 saturated heterocycles. The molecule has 1 atom stereocenters. The molecule has 0 aliphatic heterocycles. The minimum Gasteiger partial charge on any atom is -0.467 e. The lowest BCUT2D eigenvalue weighted by Gasteiger charge is -2.16. The second-order valence-corrected chi connectivity index (χ2v) is 6.74. The van der Waals surface area contributed by atoms with Crippen molar-refractivity contribution in [3.05, 3.63) is 18.2 Å². The normalized spacial score (nSPS) is 20.6. The van der Waals surface area contributed by atoms with Crippen molar-refractivity contribution < 1.29 is 14.3 Å². The molecular weight excluding hydrogens is 270 g/mol. The van der Waals surface area contributed by atoms with Crippen LogP contribution in [0.25, 0.3) is 0 Å². The third-order valence-corrected chi connectivity index (χ3v) is 5.06. The summed E-state index contributed by atoms with van der Waals surface area (Å²) in [5, 5.41) is 2.82. The van der Waals surface area contributed by atoms with E-state index in [2.05, 4.69) is 43.0 Å². The van der Waals surface area contributed by atoms with Gasteiger partial charge in [-0.15, -0.1) is 0 Å². The molecule has 0 bridgehead atoms. The first-order valence-corrected chi connectivity index (χ1v) is 7.07. The van der Waals surface area contributed by atoms with Gasteiger partial charge in [-0.3, -0.25) is 4.79 Å². The van der Waals surface area contributed by atoms with Gasteiger partial charge in [0.25, 0.3) is 0 Å². The zero-order valence-corrected chi connectivity index (χ0v) is 13.2. The van der Waals surface area contributed by atoms with Crippen LogP contribution in [-0.4, -0.2) is 35.0 Å². The van der Waals surface area contributed by atoms with Gasteiger partial charge in [0, 0.05) is 24.2 Å². The van der Waals surface area contributed by atoms with Crippen molar-refractivity contribution in [1.29, 1.82) is 0 Å². The topological polar surface area (TPSA) is 84.1 Å². The number of H-pyrrole nitrogens is 1. The molecule has 0 spiro atoms. The van der Waals surface area contributed by atoms with Crippen LogP contribution in [0.3, 0.4) is 0 Å². The average Bonchev–Trinajstić information content (AvgIpc) is 2.77. The molecule has 21 heavy (non-hydrogen) atoms. The Morgan fingerprint density at radius 2 is 2.00 bits per heavy atom. The number of carbonyl (C=O) groups is 2. The van der Waals surface area contributed by atoms with E-state index in [0.717, 1.165) is 5.69 Å². The molecule has 1 aromatic heterocycles. The van der Waals surface area contributed by atoms with Gasteiger partial charge in [0.1, 0.15) is 6.04 Å². The Morgan fingerprint density at radius 3 is 2.43 bits per heavy atom. The van der Waals surface area contributed by atoms with Crippen LogP contribution in [0, 0.1) is 16.7 Å². The summed E-state index contributed by atoms with van der Waals surface area (Å²) in [5.41, 5.74) is 0.650. The van der Waals surface area contributed by atoms with E-state index in [1.54, 1.807) is 12.5 Å². The Morgan fingerprint density at radius 1 is 1.38 bits per heavy atom. The van der Waals surface area contributed by atoms with Crippen LogP contribution in [0.1, 0.15) is 33.4 Å². The molecule has 6 nitrogen and oxygen atoms in total. The number of hydrogen-bond donors (Lipinski definition) is 2. The minimum atomic E-state index is -0.699. The predicted molar refractivity (Wildman–Crippen MR) is 77.3 cm³/mol. The fourth-order valence-electron chi connectivity index (χ4n) is 3.06. The molecule has 1 aromatic rings. The summed E-state index contributed by atoms with van der Waals surface area (Å²) in [5.74, 6) is -0.645. The van der Waals surface area contributed by atoms with Crippen molar-refractivity contribution in [2.24, 2.45) is 16.7 Å². The number of esters is 1. The molecule has 1 saturated carbocycles. The third-order valence-electron chi connectivity index (χ3n) is 5.06. The Labute approximate surface area is 124 Å². The molecule has 1 heterocycles. The van der Waals surface area contributed by atoms with Crippen molar-refractivity contribution in [2.45, 2.75) is 40.2 Å². The number of nitrogens with one attached hydrogen (secondary N) is 2. The maximum absolute atomic E-state index is 12.5. The number of rotatable bonds is 5. The van der Waals surface area contributed by atoms with Crippen LogP contribution in [0.15, 0.2) is 12.5 Å². The number of methoxy groups -OCH3 is 1. The zero-order chi connectivity index (χ0) is 15.8. The molecule has 1 aliphatic rings. The molecule has 1 fully saturated rings. The highest BCUT2D eigenvalue weighted by molar-refractivity contribution is 5.89. The van der Waals surface area contributed by atoms with Crippen LogP contribution in [0.2, 0.25) is 0 Å². The van der Waals surface area contributed by atoms with Gasteiger partial charge in [0.2, 0.25) is 5.91 Å². The van der Waals surface area contributed by atoms with Crippen LogP contribution < -0.4 is 5.32 Å². The maximum atomic E-state index is 12.5.